The topological polar surface area (TPSA) is 93.5 Å². The molecule has 11 heteroatoms. The van der Waals surface area contributed by atoms with Crippen molar-refractivity contribution in [1.29, 1.82) is 0 Å². The number of hydrogen-bond acceptors (Lipinski definition) is 5. The summed E-state index contributed by atoms with van der Waals surface area (Å²) >= 11 is 6.34. The normalized spacial score (nSPS) is 13.9. The summed E-state index contributed by atoms with van der Waals surface area (Å²) in [4.78, 5) is 40.4. The molecule has 0 unspecified atom stereocenters. The fourth-order valence-electron chi connectivity index (χ4n) is 5.50. The Balaban J connectivity index is 1.34. The van der Waals surface area contributed by atoms with Crippen LogP contribution in [0.4, 0.5) is 14.5 Å². The molecule has 0 aliphatic carbocycles. The van der Waals surface area contributed by atoms with Gasteiger partial charge < -0.3 is 15.0 Å². The summed E-state index contributed by atoms with van der Waals surface area (Å²) in [5.41, 5.74) is 2.03. The lowest BCUT2D eigenvalue weighted by Gasteiger charge is -2.32. The maximum atomic E-state index is 15.1. The van der Waals surface area contributed by atoms with Gasteiger partial charge in [0.25, 0.3) is 11.8 Å². The van der Waals surface area contributed by atoms with E-state index >= 15 is 4.39 Å². The summed E-state index contributed by atoms with van der Waals surface area (Å²) in [6, 6.07) is 15.2. The average Bonchev–Trinajstić information content (AvgIpc) is 3.49. The van der Waals surface area contributed by atoms with Gasteiger partial charge in [-0.15, -0.1) is 0 Å². The Bertz CT molecular complexity index is 1740. The van der Waals surface area contributed by atoms with E-state index in [-0.39, 0.29) is 33.7 Å². The van der Waals surface area contributed by atoms with E-state index in [0.29, 0.717) is 42.8 Å². The predicted molar refractivity (Wildman–Crippen MR) is 168 cm³/mol. The number of piperidine rings is 1. The zero-order chi connectivity index (χ0) is 32.5. The van der Waals surface area contributed by atoms with E-state index in [2.05, 4.69) is 10.4 Å². The lowest BCUT2D eigenvalue weighted by Crippen LogP contribution is -2.38. The quantitative estimate of drug-likeness (QED) is 0.225. The zero-order valence-electron chi connectivity index (χ0n) is 25.4. The fourth-order valence-corrected chi connectivity index (χ4v) is 5.73. The summed E-state index contributed by atoms with van der Waals surface area (Å²) < 4.78 is 35.2. The molecule has 234 valence electrons. The number of halogens is 3. The van der Waals surface area contributed by atoms with E-state index in [1.54, 1.807) is 33.8 Å². The number of nitrogens with one attached hydrogen (secondary N) is 1. The fraction of sp³-hybridized carbons (Fsp3) is 0.294. The Morgan fingerprint density at radius 3 is 2.20 bits per heavy atom. The number of carbonyl (C=O) groups is 3. The van der Waals surface area contributed by atoms with Crippen molar-refractivity contribution in [3.63, 3.8) is 0 Å². The molecule has 8 nitrogen and oxygen atoms in total. The number of nitrogens with zero attached hydrogens (tertiary/aromatic N) is 3. The van der Waals surface area contributed by atoms with E-state index in [0.717, 1.165) is 11.6 Å². The molecule has 0 saturated carbocycles. The predicted octanol–water partition coefficient (Wildman–Crippen LogP) is 7.30. The Labute approximate surface area is 264 Å². The number of anilines is 1. The molecular formula is C34H33ClF2N4O4. The molecular weight excluding hydrogens is 602 g/mol. The highest BCUT2D eigenvalue weighted by Gasteiger charge is 2.29. The van der Waals surface area contributed by atoms with E-state index in [4.69, 9.17) is 16.3 Å². The van der Waals surface area contributed by atoms with Gasteiger partial charge in [0.05, 0.1) is 51.9 Å². The number of aromatic nitrogens is 2. The number of carbonyl (C=O) groups excluding carboxylic acids is 3. The number of ether oxygens (including phenoxy) is 1. The lowest BCUT2D eigenvalue weighted by molar-refractivity contribution is 0.0599. The number of hydrogen-bond donors (Lipinski definition) is 1. The summed E-state index contributed by atoms with van der Waals surface area (Å²) in [5.74, 6) is -2.45. The van der Waals surface area contributed by atoms with E-state index in [1.807, 2.05) is 32.9 Å². The van der Waals surface area contributed by atoms with Crippen molar-refractivity contribution >= 4 is 35.1 Å². The van der Waals surface area contributed by atoms with Crippen LogP contribution in [0.1, 0.15) is 76.2 Å². The minimum absolute atomic E-state index is 0.0661. The molecule has 2 amide bonds. The van der Waals surface area contributed by atoms with Gasteiger partial charge in [-0.25, -0.2) is 13.6 Å². The Kier molecular flexibility index (Phi) is 9.06. The van der Waals surface area contributed by atoms with Crippen LogP contribution >= 0.6 is 11.6 Å². The van der Waals surface area contributed by atoms with Gasteiger partial charge in [0.15, 0.2) is 0 Å². The summed E-state index contributed by atoms with van der Waals surface area (Å²) in [6.45, 7) is 6.63. The molecule has 1 aromatic heterocycles. The summed E-state index contributed by atoms with van der Waals surface area (Å²) in [5, 5.41) is 6.92. The average molecular weight is 635 g/mol. The van der Waals surface area contributed by atoms with Crippen LogP contribution in [-0.4, -0.2) is 52.7 Å². The first-order chi connectivity index (χ1) is 21.4. The minimum Gasteiger partial charge on any atom is -0.465 e. The van der Waals surface area contributed by atoms with Crippen molar-refractivity contribution < 1.29 is 27.9 Å². The van der Waals surface area contributed by atoms with Crippen LogP contribution in [0.2, 0.25) is 5.02 Å². The number of rotatable bonds is 6. The molecule has 0 bridgehead atoms. The van der Waals surface area contributed by atoms with Crippen molar-refractivity contribution in [1.82, 2.24) is 14.7 Å². The molecule has 1 N–H and O–H groups in total. The SMILES string of the molecule is COC(=O)c1ccc(C2CCN(C(=O)c3cc(NC(=O)c4cnn(C(C)(C)C)c4-c4ccc(F)cc4)c(F)cc3Cl)CC2)cc1. The van der Waals surface area contributed by atoms with Crippen molar-refractivity contribution in [3.05, 3.63) is 106 Å². The highest BCUT2D eigenvalue weighted by Crippen LogP contribution is 2.33. The van der Waals surface area contributed by atoms with Crippen LogP contribution in [0.25, 0.3) is 11.3 Å². The van der Waals surface area contributed by atoms with Crippen molar-refractivity contribution in [2.75, 3.05) is 25.5 Å². The van der Waals surface area contributed by atoms with Gasteiger partial charge in [0.2, 0.25) is 0 Å². The third kappa shape index (κ3) is 6.76. The van der Waals surface area contributed by atoms with E-state index in [9.17, 15) is 18.8 Å². The van der Waals surface area contributed by atoms with Crippen LogP contribution in [0.15, 0.2) is 66.9 Å². The lowest BCUT2D eigenvalue weighted by atomic mass is 9.88. The van der Waals surface area contributed by atoms with Crippen LogP contribution in [0.3, 0.4) is 0 Å². The first kappa shape index (κ1) is 31.8. The number of benzene rings is 3. The van der Waals surface area contributed by atoms with Gasteiger partial charge >= 0.3 is 5.97 Å². The zero-order valence-corrected chi connectivity index (χ0v) is 26.1. The van der Waals surface area contributed by atoms with Gasteiger partial charge in [-0.1, -0.05) is 23.7 Å². The monoisotopic (exact) mass is 634 g/mol. The van der Waals surface area contributed by atoms with Crippen molar-refractivity contribution in [3.8, 4) is 11.3 Å². The van der Waals surface area contributed by atoms with Crippen molar-refractivity contribution in [2.24, 2.45) is 0 Å². The van der Waals surface area contributed by atoms with Gasteiger partial charge in [-0.2, -0.15) is 5.10 Å². The molecule has 4 aromatic rings. The van der Waals surface area contributed by atoms with E-state index < -0.39 is 29.0 Å². The molecule has 1 saturated heterocycles. The third-order valence-electron chi connectivity index (χ3n) is 7.89. The molecule has 1 fully saturated rings. The first-order valence-corrected chi connectivity index (χ1v) is 14.9. The molecule has 0 spiro atoms. The van der Waals surface area contributed by atoms with Crippen LogP contribution in [0, 0.1) is 11.6 Å². The maximum absolute atomic E-state index is 15.1. The molecule has 0 radical (unpaired) electrons. The molecule has 0 atom stereocenters. The number of likely N-dealkylation sites (tertiary alicyclic amines) is 1. The highest BCUT2D eigenvalue weighted by atomic mass is 35.5. The second kappa shape index (κ2) is 12.8. The largest absolute Gasteiger partial charge is 0.465 e. The van der Waals surface area contributed by atoms with Crippen LogP contribution < -0.4 is 5.32 Å². The molecule has 1 aliphatic rings. The molecule has 2 heterocycles. The maximum Gasteiger partial charge on any atom is 0.337 e. The Hall–Kier alpha value is -4.57. The second-order valence-corrected chi connectivity index (χ2v) is 12.3. The van der Waals surface area contributed by atoms with Gasteiger partial charge in [-0.05, 0) is 93.6 Å². The standard InChI is InChI=1S/C34H33ClF2N4O4/c1-34(2,3)41-30(22-9-11-24(36)12-10-22)26(19-38-41)31(42)39-29-17-25(27(35)18-28(29)37)32(43)40-15-13-21(14-16-40)20-5-7-23(8-6-20)33(44)45-4/h5-12,17-19,21H,13-16H2,1-4H3,(H,39,42). The van der Waals surface area contributed by atoms with Crippen LogP contribution in [-0.2, 0) is 10.3 Å². The number of amides is 2. The summed E-state index contributed by atoms with van der Waals surface area (Å²) in [6.07, 6.45) is 2.76. The van der Waals surface area contributed by atoms with Gasteiger partial charge in [0, 0.05) is 18.7 Å². The Morgan fingerprint density at radius 1 is 0.956 bits per heavy atom. The summed E-state index contributed by atoms with van der Waals surface area (Å²) in [7, 11) is 1.33. The second-order valence-electron chi connectivity index (χ2n) is 11.9. The Morgan fingerprint density at radius 2 is 1.60 bits per heavy atom. The number of methoxy groups -OCH3 is 1. The third-order valence-corrected chi connectivity index (χ3v) is 8.20. The van der Waals surface area contributed by atoms with Crippen LogP contribution in [0.5, 0.6) is 0 Å². The smallest absolute Gasteiger partial charge is 0.337 e. The first-order valence-electron chi connectivity index (χ1n) is 14.5. The highest BCUT2D eigenvalue weighted by molar-refractivity contribution is 6.34. The molecule has 1 aliphatic heterocycles. The molecule has 5 rings (SSSR count). The van der Waals surface area contributed by atoms with Gasteiger partial charge in [-0.3, -0.25) is 14.3 Å². The molecule has 3 aromatic carbocycles. The van der Waals surface area contributed by atoms with E-state index in [1.165, 1.54) is 31.5 Å². The minimum atomic E-state index is -0.800. The van der Waals surface area contributed by atoms with Gasteiger partial charge in [0.1, 0.15) is 11.6 Å². The van der Waals surface area contributed by atoms with Crippen molar-refractivity contribution in [2.45, 2.75) is 45.1 Å². The molecule has 45 heavy (non-hydrogen) atoms. The number of esters is 1.